The van der Waals surface area contributed by atoms with Crippen molar-refractivity contribution in [2.24, 2.45) is 0 Å². The largest absolute Gasteiger partial charge is 0.364 e. The molecule has 2 heterocycles. The van der Waals surface area contributed by atoms with Crippen LogP contribution < -0.4 is 10.7 Å². The Labute approximate surface area is 164 Å². The number of aromatic nitrogens is 3. The van der Waals surface area contributed by atoms with Gasteiger partial charge < -0.3 is 10.3 Å². The average molecular weight is 421 g/mol. The number of anilines is 2. The molecule has 5 nitrogen and oxygen atoms in total. The summed E-state index contributed by atoms with van der Waals surface area (Å²) in [5, 5.41) is 14.2. The molecule has 2 aromatic heterocycles. The van der Waals surface area contributed by atoms with Gasteiger partial charge in [0.05, 0.1) is 5.69 Å². The molecule has 0 spiro atoms. The minimum atomic E-state index is -0.0238. The highest BCUT2D eigenvalue weighted by atomic mass is 79.9. The van der Waals surface area contributed by atoms with Gasteiger partial charge in [-0.05, 0) is 24.6 Å². The molecule has 27 heavy (non-hydrogen) atoms. The number of halogens is 1. The first kappa shape index (κ1) is 17.4. The van der Waals surface area contributed by atoms with Crippen molar-refractivity contribution in [3.05, 3.63) is 92.4 Å². The second kappa shape index (κ2) is 7.32. The van der Waals surface area contributed by atoms with E-state index in [-0.39, 0.29) is 5.43 Å². The third-order valence-electron chi connectivity index (χ3n) is 4.39. The molecule has 0 aliphatic heterocycles. The van der Waals surface area contributed by atoms with Crippen molar-refractivity contribution in [3.63, 3.8) is 0 Å². The van der Waals surface area contributed by atoms with Crippen LogP contribution in [0.2, 0.25) is 0 Å². The molecule has 2 N–H and O–H groups in total. The first-order chi connectivity index (χ1) is 13.1. The Kier molecular flexibility index (Phi) is 4.73. The molecule has 0 amide bonds. The maximum atomic E-state index is 11.6. The molecule has 0 saturated carbocycles. The molecule has 0 atom stereocenters. The standard InChI is InChI=1S/C21H17BrN4O/c1-13-6-7-14(11-19(13)22)24-21-18-5-3-2-4-17(18)20(25-26-21)12-15-10-16(27)8-9-23-15/h2-11H,12H2,1H3,(H,23,27)(H,24,26). The van der Waals surface area contributed by atoms with Crippen molar-refractivity contribution >= 4 is 38.2 Å². The zero-order valence-corrected chi connectivity index (χ0v) is 16.2. The van der Waals surface area contributed by atoms with Gasteiger partial charge in [-0.15, -0.1) is 5.10 Å². The van der Waals surface area contributed by atoms with E-state index >= 15 is 0 Å². The van der Waals surface area contributed by atoms with Crippen LogP contribution in [0.15, 0.2) is 70.1 Å². The van der Waals surface area contributed by atoms with E-state index in [2.05, 4.69) is 36.4 Å². The highest BCUT2D eigenvalue weighted by molar-refractivity contribution is 9.10. The van der Waals surface area contributed by atoms with Crippen molar-refractivity contribution in [1.29, 1.82) is 0 Å². The van der Waals surface area contributed by atoms with Gasteiger partial charge in [0.2, 0.25) is 0 Å². The van der Waals surface area contributed by atoms with E-state index in [4.69, 9.17) is 0 Å². The number of hydrogen-bond donors (Lipinski definition) is 2. The van der Waals surface area contributed by atoms with E-state index in [1.165, 1.54) is 11.6 Å². The Hall–Kier alpha value is -2.99. The van der Waals surface area contributed by atoms with Crippen molar-refractivity contribution < 1.29 is 0 Å². The maximum Gasteiger partial charge on any atom is 0.181 e. The Bertz CT molecular complexity index is 1190. The van der Waals surface area contributed by atoms with Gasteiger partial charge in [0, 0.05) is 51.4 Å². The topological polar surface area (TPSA) is 70.7 Å². The monoisotopic (exact) mass is 420 g/mol. The number of hydrogen-bond acceptors (Lipinski definition) is 4. The summed E-state index contributed by atoms with van der Waals surface area (Å²) in [6, 6.07) is 17.2. The first-order valence-electron chi connectivity index (χ1n) is 8.55. The lowest BCUT2D eigenvalue weighted by Gasteiger charge is -2.12. The molecule has 0 fully saturated rings. The molecule has 0 radical (unpaired) electrons. The predicted molar refractivity (Wildman–Crippen MR) is 112 cm³/mol. The maximum absolute atomic E-state index is 11.6. The van der Waals surface area contributed by atoms with Gasteiger partial charge >= 0.3 is 0 Å². The van der Waals surface area contributed by atoms with Crippen LogP contribution in [0.1, 0.15) is 17.0 Å². The number of nitrogens with one attached hydrogen (secondary N) is 2. The van der Waals surface area contributed by atoms with Gasteiger partial charge in [-0.3, -0.25) is 4.79 Å². The summed E-state index contributed by atoms with van der Waals surface area (Å²) >= 11 is 3.56. The van der Waals surface area contributed by atoms with Crippen LogP contribution in [0.4, 0.5) is 11.5 Å². The summed E-state index contributed by atoms with van der Waals surface area (Å²) < 4.78 is 1.04. The summed E-state index contributed by atoms with van der Waals surface area (Å²) in [4.78, 5) is 14.7. The van der Waals surface area contributed by atoms with Crippen LogP contribution in [-0.2, 0) is 6.42 Å². The van der Waals surface area contributed by atoms with Crippen molar-refractivity contribution in [2.45, 2.75) is 13.3 Å². The fourth-order valence-corrected chi connectivity index (χ4v) is 3.34. The number of rotatable bonds is 4. The second-order valence-electron chi connectivity index (χ2n) is 6.36. The molecule has 0 aliphatic carbocycles. The Balaban J connectivity index is 1.73. The number of H-pyrrole nitrogens is 1. The van der Waals surface area contributed by atoms with Crippen LogP contribution in [0.25, 0.3) is 10.8 Å². The summed E-state index contributed by atoms with van der Waals surface area (Å²) in [5.74, 6) is 0.701. The Morgan fingerprint density at radius 1 is 1.04 bits per heavy atom. The summed E-state index contributed by atoms with van der Waals surface area (Å²) in [5.41, 5.74) is 3.72. The number of aromatic amines is 1. The van der Waals surface area contributed by atoms with E-state index in [0.29, 0.717) is 12.2 Å². The molecular formula is C21H17BrN4O. The van der Waals surface area contributed by atoms with E-state index in [1.807, 2.05) is 49.4 Å². The molecule has 4 rings (SSSR count). The SMILES string of the molecule is Cc1ccc(Nc2nnc(Cc3cc(=O)cc[nH]3)c3ccccc23)cc1Br. The molecule has 0 unspecified atom stereocenters. The van der Waals surface area contributed by atoms with E-state index in [1.54, 1.807) is 12.3 Å². The molecule has 2 aromatic carbocycles. The van der Waals surface area contributed by atoms with E-state index in [0.717, 1.165) is 32.3 Å². The first-order valence-corrected chi connectivity index (χ1v) is 9.34. The zero-order chi connectivity index (χ0) is 18.8. The van der Waals surface area contributed by atoms with Crippen LogP contribution in [0.5, 0.6) is 0 Å². The van der Waals surface area contributed by atoms with E-state index < -0.39 is 0 Å². The highest BCUT2D eigenvalue weighted by Gasteiger charge is 2.11. The van der Waals surface area contributed by atoms with Gasteiger partial charge in [0.25, 0.3) is 0 Å². The zero-order valence-electron chi connectivity index (χ0n) is 14.7. The highest BCUT2D eigenvalue weighted by Crippen LogP contribution is 2.28. The van der Waals surface area contributed by atoms with Crippen LogP contribution >= 0.6 is 15.9 Å². The molecule has 0 saturated heterocycles. The molecular weight excluding hydrogens is 404 g/mol. The van der Waals surface area contributed by atoms with E-state index in [9.17, 15) is 4.79 Å². The minimum Gasteiger partial charge on any atom is -0.364 e. The number of fused-ring (bicyclic) bond motifs is 1. The molecule has 134 valence electrons. The Morgan fingerprint density at radius 3 is 2.63 bits per heavy atom. The molecule has 0 aliphatic rings. The molecule has 6 heteroatoms. The van der Waals surface area contributed by atoms with Gasteiger partial charge in [-0.25, -0.2) is 0 Å². The number of benzene rings is 2. The predicted octanol–water partition coefficient (Wildman–Crippen LogP) is 4.72. The lowest BCUT2D eigenvalue weighted by atomic mass is 10.1. The van der Waals surface area contributed by atoms with Crippen molar-refractivity contribution in [1.82, 2.24) is 15.2 Å². The van der Waals surface area contributed by atoms with Gasteiger partial charge in [0.15, 0.2) is 11.2 Å². The van der Waals surface area contributed by atoms with Gasteiger partial charge in [0.1, 0.15) is 0 Å². The molecule has 0 bridgehead atoms. The smallest absolute Gasteiger partial charge is 0.181 e. The summed E-state index contributed by atoms with van der Waals surface area (Å²) in [6.07, 6.45) is 2.17. The second-order valence-corrected chi connectivity index (χ2v) is 7.21. The lowest BCUT2D eigenvalue weighted by molar-refractivity contribution is 0.939. The van der Waals surface area contributed by atoms with Crippen LogP contribution in [-0.4, -0.2) is 15.2 Å². The Morgan fingerprint density at radius 2 is 1.85 bits per heavy atom. The fourth-order valence-electron chi connectivity index (χ4n) is 2.96. The summed E-state index contributed by atoms with van der Waals surface area (Å²) in [6.45, 7) is 2.05. The third-order valence-corrected chi connectivity index (χ3v) is 5.24. The van der Waals surface area contributed by atoms with Crippen LogP contribution in [0.3, 0.4) is 0 Å². The van der Waals surface area contributed by atoms with Gasteiger partial charge in [-0.1, -0.05) is 46.3 Å². The normalized spacial score (nSPS) is 10.9. The van der Waals surface area contributed by atoms with Crippen molar-refractivity contribution in [3.8, 4) is 0 Å². The van der Waals surface area contributed by atoms with Crippen LogP contribution in [0, 0.1) is 6.92 Å². The third kappa shape index (κ3) is 3.75. The number of nitrogens with zero attached hydrogens (tertiary/aromatic N) is 2. The lowest BCUT2D eigenvalue weighted by Crippen LogP contribution is -2.05. The minimum absolute atomic E-state index is 0.0238. The summed E-state index contributed by atoms with van der Waals surface area (Å²) in [7, 11) is 0. The quantitative estimate of drug-likeness (QED) is 0.500. The van der Waals surface area contributed by atoms with Gasteiger partial charge in [-0.2, -0.15) is 5.10 Å². The fraction of sp³-hybridized carbons (Fsp3) is 0.0952. The van der Waals surface area contributed by atoms with Crippen molar-refractivity contribution in [2.75, 3.05) is 5.32 Å². The number of aryl methyl sites for hydroxylation is 1. The number of pyridine rings is 1. The average Bonchev–Trinajstić information content (AvgIpc) is 2.67. The molecule has 4 aromatic rings.